The molecule has 0 aliphatic rings. The van der Waals surface area contributed by atoms with Crippen LogP contribution < -0.4 is 0 Å². The van der Waals surface area contributed by atoms with Crippen molar-refractivity contribution in [1.82, 2.24) is 4.67 Å². The van der Waals surface area contributed by atoms with Gasteiger partial charge in [0, 0.05) is 19.0 Å². The van der Waals surface area contributed by atoms with Gasteiger partial charge < -0.3 is 9.79 Å². The zero-order valence-corrected chi connectivity index (χ0v) is 7.62. The maximum absolute atomic E-state index is 8.85. The molecular formula is C6H13N2O2P. The zero-order valence-electron chi connectivity index (χ0n) is 6.73. The van der Waals surface area contributed by atoms with Gasteiger partial charge in [-0.1, -0.05) is 0 Å². The van der Waals surface area contributed by atoms with Crippen molar-refractivity contribution in [1.29, 1.82) is 5.26 Å². The number of nitrogens with zero attached hydrogens (tertiary/aromatic N) is 2. The van der Waals surface area contributed by atoms with Crippen molar-refractivity contribution >= 4 is 8.53 Å². The van der Waals surface area contributed by atoms with Crippen molar-refractivity contribution in [2.45, 2.75) is 26.3 Å². The van der Waals surface area contributed by atoms with Gasteiger partial charge in [-0.05, 0) is 13.8 Å². The normalized spacial score (nSPS) is 11.1. The predicted octanol–water partition coefficient (Wildman–Crippen LogP) is 0.822. The van der Waals surface area contributed by atoms with E-state index in [9.17, 15) is 0 Å². The van der Waals surface area contributed by atoms with E-state index in [0.717, 1.165) is 0 Å². The van der Waals surface area contributed by atoms with Crippen LogP contribution in [0.3, 0.4) is 0 Å². The number of hydrogen-bond acceptors (Lipinski definition) is 4. The van der Waals surface area contributed by atoms with Crippen LogP contribution >= 0.6 is 8.53 Å². The Morgan fingerprint density at radius 3 is 2.36 bits per heavy atom. The summed E-state index contributed by atoms with van der Waals surface area (Å²) in [5.41, 5.74) is 0. The molecule has 0 saturated heterocycles. The molecule has 2 N–H and O–H groups in total. The molecule has 0 aromatic carbocycles. The molecule has 0 rings (SSSR count). The lowest BCUT2D eigenvalue weighted by atomic mass is 10.3. The van der Waals surface area contributed by atoms with Crippen LogP contribution in [0.5, 0.6) is 0 Å². The molecular weight excluding hydrogens is 163 g/mol. The molecule has 0 bridgehead atoms. The van der Waals surface area contributed by atoms with Gasteiger partial charge in [0.15, 0.2) is 0 Å². The van der Waals surface area contributed by atoms with E-state index in [1.54, 1.807) is 0 Å². The highest BCUT2D eigenvalue weighted by Gasteiger charge is 2.16. The second kappa shape index (κ2) is 5.45. The lowest BCUT2D eigenvalue weighted by Gasteiger charge is -2.24. The van der Waals surface area contributed by atoms with Gasteiger partial charge >= 0.3 is 0 Å². The lowest BCUT2D eigenvalue weighted by molar-refractivity contribution is 0.304. The summed E-state index contributed by atoms with van der Waals surface area (Å²) in [5, 5.41) is 8.25. The van der Waals surface area contributed by atoms with E-state index >= 15 is 0 Å². The first-order chi connectivity index (χ1) is 5.09. The number of hydrogen-bond donors (Lipinski definition) is 2. The number of nitriles is 1. The Morgan fingerprint density at radius 1 is 1.55 bits per heavy atom. The third-order valence-corrected chi connectivity index (χ3v) is 2.40. The summed E-state index contributed by atoms with van der Waals surface area (Å²) in [4.78, 5) is 17.7. The van der Waals surface area contributed by atoms with Crippen molar-refractivity contribution in [2.24, 2.45) is 0 Å². The SMILES string of the molecule is CC(C)N(CCC#N)P(O)O. The van der Waals surface area contributed by atoms with E-state index in [1.165, 1.54) is 4.67 Å². The summed E-state index contributed by atoms with van der Waals surface area (Å²) in [6.07, 6.45) is 0.331. The van der Waals surface area contributed by atoms with E-state index in [0.29, 0.717) is 13.0 Å². The van der Waals surface area contributed by atoms with E-state index in [4.69, 9.17) is 15.0 Å². The number of rotatable bonds is 4. The third kappa shape index (κ3) is 4.28. The Morgan fingerprint density at radius 2 is 2.09 bits per heavy atom. The molecule has 0 unspecified atom stereocenters. The van der Waals surface area contributed by atoms with Crippen molar-refractivity contribution < 1.29 is 9.79 Å². The molecule has 0 aliphatic carbocycles. The topological polar surface area (TPSA) is 67.5 Å². The second-order valence-electron chi connectivity index (χ2n) is 2.43. The van der Waals surface area contributed by atoms with Crippen LogP contribution in [0.2, 0.25) is 0 Å². The van der Waals surface area contributed by atoms with Crippen molar-refractivity contribution in [3.05, 3.63) is 0 Å². The quantitative estimate of drug-likeness (QED) is 0.622. The average molecular weight is 176 g/mol. The van der Waals surface area contributed by atoms with Crippen LogP contribution in [-0.2, 0) is 0 Å². The highest BCUT2D eigenvalue weighted by molar-refractivity contribution is 7.42. The molecule has 4 nitrogen and oxygen atoms in total. The van der Waals surface area contributed by atoms with E-state index in [2.05, 4.69) is 0 Å². The molecule has 0 aromatic rings. The largest absolute Gasteiger partial charge is 0.338 e. The smallest absolute Gasteiger partial charge is 0.253 e. The third-order valence-electron chi connectivity index (χ3n) is 1.28. The second-order valence-corrected chi connectivity index (χ2v) is 3.48. The van der Waals surface area contributed by atoms with Crippen LogP contribution in [-0.4, -0.2) is 27.0 Å². The van der Waals surface area contributed by atoms with Crippen LogP contribution in [0.4, 0.5) is 0 Å². The Balaban J connectivity index is 3.82. The standard InChI is InChI=1S/C6H13N2O2P/c1-6(2)8(11(9)10)5-3-4-7/h6,9-10H,3,5H2,1-2H3. The van der Waals surface area contributed by atoms with Crippen molar-refractivity contribution in [3.63, 3.8) is 0 Å². The molecule has 0 amide bonds. The Hall–Kier alpha value is -0.200. The minimum Gasteiger partial charge on any atom is -0.338 e. The fraction of sp³-hybridized carbons (Fsp3) is 0.833. The molecule has 0 radical (unpaired) electrons. The van der Waals surface area contributed by atoms with Crippen LogP contribution in [0, 0.1) is 11.3 Å². The molecule has 11 heavy (non-hydrogen) atoms. The summed E-state index contributed by atoms with van der Waals surface area (Å²) in [6.45, 7) is 4.14. The highest BCUT2D eigenvalue weighted by atomic mass is 31.2. The summed E-state index contributed by atoms with van der Waals surface area (Å²) in [5.74, 6) is 0. The lowest BCUT2D eigenvalue weighted by Crippen LogP contribution is -2.26. The summed E-state index contributed by atoms with van der Waals surface area (Å²) < 4.78 is 1.50. The predicted molar refractivity (Wildman–Crippen MR) is 43.4 cm³/mol. The van der Waals surface area contributed by atoms with Crippen LogP contribution in [0.1, 0.15) is 20.3 Å². The van der Waals surface area contributed by atoms with Crippen molar-refractivity contribution in [3.8, 4) is 6.07 Å². The van der Waals surface area contributed by atoms with E-state index in [1.807, 2.05) is 19.9 Å². The van der Waals surface area contributed by atoms with Gasteiger partial charge in [0.25, 0.3) is 8.53 Å². The first kappa shape index (κ1) is 10.8. The first-order valence-electron chi connectivity index (χ1n) is 3.41. The maximum atomic E-state index is 8.85. The van der Waals surface area contributed by atoms with E-state index in [-0.39, 0.29) is 6.04 Å². The molecule has 0 saturated carbocycles. The Bertz CT molecular complexity index is 136. The first-order valence-corrected chi connectivity index (χ1v) is 4.61. The van der Waals surface area contributed by atoms with Crippen LogP contribution in [0.25, 0.3) is 0 Å². The van der Waals surface area contributed by atoms with Gasteiger partial charge in [-0.15, -0.1) is 0 Å². The molecule has 0 spiro atoms. The molecule has 0 aromatic heterocycles. The summed E-state index contributed by atoms with van der Waals surface area (Å²) in [6, 6.07) is 2.03. The zero-order chi connectivity index (χ0) is 8.85. The minimum atomic E-state index is -2.03. The molecule has 0 fully saturated rings. The monoisotopic (exact) mass is 176 g/mol. The molecule has 5 heteroatoms. The maximum Gasteiger partial charge on any atom is 0.253 e. The fourth-order valence-electron chi connectivity index (χ4n) is 0.719. The van der Waals surface area contributed by atoms with Crippen LogP contribution in [0.15, 0.2) is 0 Å². The van der Waals surface area contributed by atoms with Gasteiger partial charge in [-0.25, -0.2) is 4.67 Å². The summed E-state index contributed by atoms with van der Waals surface area (Å²) in [7, 11) is -2.03. The Kier molecular flexibility index (Phi) is 5.35. The van der Waals surface area contributed by atoms with E-state index < -0.39 is 8.53 Å². The Labute approximate surface area is 68.0 Å². The van der Waals surface area contributed by atoms with Gasteiger partial charge in [-0.3, -0.25) is 0 Å². The van der Waals surface area contributed by atoms with Gasteiger partial charge in [0.05, 0.1) is 6.07 Å². The van der Waals surface area contributed by atoms with Gasteiger partial charge in [0.1, 0.15) is 0 Å². The molecule has 0 atom stereocenters. The molecule has 0 heterocycles. The van der Waals surface area contributed by atoms with Gasteiger partial charge in [0.2, 0.25) is 0 Å². The minimum absolute atomic E-state index is 0.0736. The molecule has 0 aliphatic heterocycles. The highest BCUT2D eigenvalue weighted by Crippen LogP contribution is 2.31. The fourth-order valence-corrected chi connectivity index (χ4v) is 1.41. The van der Waals surface area contributed by atoms with Gasteiger partial charge in [-0.2, -0.15) is 5.26 Å². The average Bonchev–Trinajstić information content (AvgIpc) is 1.87. The summed E-state index contributed by atoms with van der Waals surface area (Å²) >= 11 is 0. The van der Waals surface area contributed by atoms with Crippen molar-refractivity contribution in [2.75, 3.05) is 6.54 Å². The molecule has 64 valence electrons.